The maximum atomic E-state index is 12.1. The van der Waals surface area contributed by atoms with Crippen molar-refractivity contribution in [3.8, 4) is 0 Å². The Labute approximate surface area is 117 Å². The van der Waals surface area contributed by atoms with Gasteiger partial charge in [0.2, 0.25) is 5.91 Å². The molecule has 1 amide bonds. The van der Waals surface area contributed by atoms with Crippen LogP contribution in [0.2, 0.25) is 0 Å². The smallest absolute Gasteiger partial charge is 0.326 e. The number of nitrogens with zero attached hydrogens (tertiary/aromatic N) is 1. The van der Waals surface area contributed by atoms with E-state index in [0.717, 1.165) is 12.0 Å². The van der Waals surface area contributed by atoms with Gasteiger partial charge < -0.3 is 15.7 Å². The lowest BCUT2D eigenvalue weighted by Gasteiger charge is -2.21. The van der Waals surface area contributed by atoms with Crippen LogP contribution in [0.3, 0.4) is 0 Å². The highest BCUT2D eigenvalue weighted by molar-refractivity contribution is 5.95. The predicted molar refractivity (Wildman–Crippen MR) is 76.8 cm³/mol. The summed E-state index contributed by atoms with van der Waals surface area (Å²) in [6, 6.07) is 6.43. The Morgan fingerprint density at radius 1 is 1.45 bits per heavy atom. The number of hydrogen-bond acceptors (Lipinski definition) is 3. The van der Waals surface area contributed by atoms with Gasteiger partial charge >= 0.3 is 5.97 Å². The second-order valence-corrected chi connectivity index (χ2v) is 5.08. The number of rotatable bonds is 3. The first-order valence-corrected chi connectivity index (χ1v) is 6.56. The monoisotopic (exact) mass is 274 g/mol. The SMILES string of the molecule is CC1CCN(C(=O)/C=C/c2cccc(N)c2)C1C(=O)O. The van der Waals surface area contributed by atoms with E-state index >= 15 is 0 Å². The standard InChI is InChI=1S/C15H18N2O3/c1-10-7-8-17(14(10)15(19)20)13(18)6-5-11-3-2-4-12(16)9-11/h2-6,9-10,14H,7-8,16H2,1H3,(H,19,20)/b6-5+. The molecule has 5 heteroatoms. The van der Waals surface area contributed by atoms with E-state index in [2.05, 4.69) is 0 Å². The lowest BCUT2D eigenvalue weighted by atomic mass is 10.0. The van der Waals surface area contributed by atoms with Gasteiger partial charge in [-0.1, -0.05) is 19.1 Å². The Kier molecular flexibility index (Phi) is 4.08. The minimum absolute atomic E-state index is 0.0165. The van der Waals surface area contributed by atoms with Crippen molar-refractivity contribution in [2.24, 2.45) is 5.92 Å². The van der Waals surface area contributed by atoms with E-state index in [-0.39, 0.29) is 11.8 Å². The highest BCUT2D eigenvalue weighted by Crippen LogP contribution is 2.24. The van der Waals surface area contributed by atoms with E-state index in [1.165, 1.54) is 11.0 Å². The quantitative estimate of drug-likeness (QED) is 0.648. The zero-order valence-corrected chi connectivity index (χ0v) is 11.3. The summed E-state index contributed by atoms with van der Waals surface area (Å²) in [7, 11) is 0. The molecule has 1 fully saturated rings. The Hall–Kier alpha value is -2.30. The average Bonchev–Trinajstić information content (AvgIpc) is 2.78. The van der Waals surface area contributed by atoms with Gasteiger partial charge in [0.05, 0.1) is 0 Å². The van der Waals surface area contributed by atoms with Gasteiger partial charge in [0.1, 0.15) is 6.04 Å². The van der Waals surface area contributed by atoms with Crippen molar-refractivity contribution in [2.45, 2.75) is 19.4 Å². The molecule has 1 aromatic rings. The number of amides is 1. The van der Waals surface area contributed by atoms with Gasteiger partial charge in [0.15, 0.2) is 0 Å². The third-order valence-electron chi connectivity index (χ3n) is 3.57. The van der Waals surface area contributed by atoms with Crippen LogP contribution in [0.25, 0.3) is 6.08 Å². The molecule has 1 aliphatic rings. The summed E-state index contributed by atoms with van der Waals surface area (Å²) in [5, 5.41) is 9.19. The fraction of sp³-hybridized carbons (Fsp3) is 0.333. The summed E-state index contributed by atoms with van der Waals surface area (Å²) in [5.41, 5.74) is 7.10. The van der Waals surface area contributed by atoms with Gasteiger partial charge in [-0.25, -0.2) is 4.79 Å². The molecule has 2 atom stereocenters. The van der Waals surface area contributed by atoms with Crippen molar-refractivity contribution >= 4 is 23.6 Å². The van der Waals surface area contributed by atoms with E-state index in [9.17, 15) is 14.7 Å². The van der Waals surface area contributed by atoms with Crippen LogP contribution in [0.15, 0.2) is 30.3 Å². The number of nitrogens with two attached hydrogens (primary N) is 1. The van der Waals surface area contributed by atoms with Crippen LogP contribution < -0.4 is 5.73 Å². The highest BCUT2D eigenvalue weighted by Gasteiger charge is 2.38. The van der Waals surface area contributed by atoms with Gasteiger partial charge in [-0.3, -0.25) is 4.79 Å². The molecule has 106 valence electrons. The number of hydrogen-bond donors (Lipinski definition) is 2. The van der Waals surface area contributed by atoms with Crippen molar-refractivity contribution in [3.63, 3.8) is 0 Å². The summed E-state index contributed by atoms with van der Waals surface area (Å²) in [6.45, 7) is 2.34. The minimum Gasteiger partial charge on any atom is -0.480 e. The minimum atomic E-state index is -0.944. The summed E-state index contributed by atoms with van der Waals surface area (Å²) < 4.78 is 0. The number of carbonyl (C=O) groups excluding carboxylic acids is 1. The molecule has 1 aliphatic heterocycles. The van der Waals surface area contributed by atoms with Crippen LogP contribution >= 0.6 is 0 Å². The van der Waals surface area contributed by atoms with Crippen molar-refractivity contribution in [3.05, 3.63) is 35.9 Å². The molecule has 0 bridgehead atoms. The van der Waals surface area contributed by atoms with Crippen LogP contribution in [0.4, 0.5) is 5.69 Å². The molecule has 0 saturated carbocycles. The topological polar surface area (TPSA) is 83.6 Å². The number of likely N-dealkylation sites (tertiary alicyclic amines) is 1. The van der Waals surface area contributed by atoms with Crippen molar-refractivity contribution in [1.82, 2.24) is 4.90 Å². The van der Waals surface area contributed by atoms with Crippen LogP contribution in [0.5, 0.6) is 0 Å². The van der Waals surface area contributed by atoms with Gasteiger partial charge in [-0.2, -0.15) is 0 Å². The number of carboxylic acid groups (broad SMARTS) is 1. The van der Waals surface area contributed by atoms with Crippen LogP contribution in [-0.2, 0) is 9.59 Å². The fourth-order valence-corrected chi connectivity index (χ4v) is 2.50. The first kappa shape index (κ1) is 14.1. The number of carbonyl (C=O) groups is 2. The van der Waals surface area contributed by atoms with E-state index in [0.29, 0.717) is 12.2 Å². The van der Waals surface area contributed by atoms with E-state index in [4.69, 9.17) is 5.73 Å². The Morgan fingerprint density at radius 3 is 2.85 bits per heavy atom. The number of nitrogen functional groups attached to an aromatic ring is 1. The molecule has 1 heterocycles. The Morgan fingerprint density at radius 2 is 2.20 bits per heavy atom. The first-order valence-electron chi connectivity index (χ1n) is 6.56. The normalized spacial score (nSPS) is 22.4. The number of benzene rings is 1. The number of carboxylic acids is 1. The maximum Gasteiger partial charge on any atom is 0.326 e. The molecule has 1 aromatic carbocycles. The summed E-state index contributed by atoms with van der Waals surface area (Å²) in [4.78, 5) is 24.7. The van der Waals surface area contributed by atoms with Crippen LogP contribution in [-0.4, -0.2) is 34.5 Å². The Bertz CT molecular complexity index is 554. The second-order valence-electron chi connectivity index (χ2n) is 5.08. The molecule has 20 heavy (non-hydrogen) atoms. The lowest BCUT2D eigenvalue weighted by Crippen LogP contribution is -2.42. The van der Waals surface area contributed by atoms with Crippen molar-refractivity contribution < 1.29 is 14.7 Å². The predicted octanol–water partition coefficient (Wildman–Crippen LogP) is 1.60. The van der Waals surface area contributed by atoms with Gasteiger partial charge in [0.25, 0.3) is 0 Å². The van der Waals surface area contributed by atoms with Crippen molar-refractivity contribution in [2.75, 3.05) is 12.3 Å². The summed E-state index contributed by atoms with van der Waals surface area (Å²) in [5.74, 6) is -1.23. The zero-order valence-electron chi connectivity index (χ0n) is 11.3. The van der Waals surface area contributed by atoms with E-state index in [1.807, 2.05) is 13.0 Å². The molecular weight excluding hydrogens is 256 g/mol. The summed E-state index contributed by atoms with van der Waals surface area (Å²) >= 11 is 0. The molecule has 0 radical (unpaired) electrons. The molecule has 0 spiro atoms. The van der Waals surface area contributed by atoms with Crippen LogP contribution in [0.1, 0.15) is 18.9 Å². The highest BCUT2D eigenvalue weighted by atomic mass is 16.4. The number of anilines is 1. The lowest BCUT2D eigenvalue weighted by molar-refractivity contribution is -0.147. The molecular formula is C15H18N2O3. The second kappa shape index (κ2) is 5.77. The molecule has 3 N–H and O–H groups in total. The first-order chi connectivity index (χ1) is 9.49. The average molecular weight is 274 g/mol. The fourth-order valence-electron chi connectivity index (χ4n) is 2.50. The summed E-state index contributed by atoms with van der Waals surface area (Å²) in [6.07, 6.45) is 3.78. The van der Waals surface area contributed by atoms with E-state index in [1.54, 1.807) is 24.3 Å². The van der Waals surface area contributed by atoms with Gasteiger partial charge in [-0.05, 0) is 36.1 Å². The number of aliphatic carboxylic acids is 1. The largest absolute Gasteiger partial charge is 0.480 e. The molecule has 2 rings (SSSR count). The Balaban J connectivity index is 2.10. The molecule has 5 nitrogen and oxygen atoms in total. The van der Waals surface area contributed by atoms with Crippen LogP contribution in [0, 0.1) is 5.92 Å². The van der Waals surface area contributed by atoms with E-state index < -0.39 is 12.0 Å². The third-order valence-corrected chi connectivity index (χ3v) is 3.57. The molecule has 0 aromatic heterocycles. The van der Waals surface area contributed by atoms with Gasteiger partial charge in [-0.15, -0.1) is 0 Å². The maximum absolute atomic E-state index is 12.1. The zero-order chi connectivity index (χ0) is 14.7. The molecule has 0 aliphatic carbocycles. The van der Waals surface area contributed by atoms with Gasteiger partial charge in [0, 0.05) is 18.3 Å². The van der Waals surface area contributed by atoms with Crippen molar-refractivity contribution in [1.29, 1.82) is 0 Å². The molecule has 1 saturated heterocycles. The third kappa shape index (κ3) is 2.99. The molecule has 2 unspecified atom stereocenters.